The number of nitrogens with one attached hydrogen (secondary N) is 1. The molecule has 156 valence electrons. The Kier molecular flexibility index (Phi) is 4.18. The molecule has 0 saturated heterocycles. The molecule has 9 heteroatoms. The molecule has 0 saturated carbocycles. The first-order valence-corrected chi connectivity index (χ1v) is 10.0. The highest BCUT2D eigenvalue weighted by Crippen LogP contribution is 2.35. The monoisotopic (exact) mass is 415 g/mol. The van der Waals surface area contributed by atoms with Crippen LogP contribution in [0.25, 0.3) is 10.4 Å². The van der Waals surface area contributed by atoms with E-state index in [1.54, 1.807) is 36.5 Å². The van der Waals surface area contributed by atoms with Gasteiger partial charge in [-0.1, -0.05) is 6.07 Å². The van der Waals surface area contributed by atoms with Crippen molar-refractivity contribution in [2.24, 2.45) is 0 Å². The Morgan fingerprint density at radius 1 is 1.39 bits per heavy atom. The van der Waals surface area contributed by atoms with Crippen molar-refractivity contribution in [1.29, 1.82) is 0 Å². The van der Waals surface area contributed by atoms with Crippen LogP contribution in [-0.4, -0.2) is 41.9 Å². The Bertz CT molecular complexity index is 1300. The second-order valence-electron chi connectivity index (χ2n) is 8.16. The molecule has 0 fully saturated rings. The van der Waals surface area contributed by atoms with Crippen molar-refractivity contribution in [3.63, 3.8) is 0 Å². The number of nitrogens with zero attached hydrogens (tertiary/aromatic N) is 6. The highest BCUT2D eigenvalue weighted by atomic mass is 16.4. The molecule has 5 rings (SSSR count). The van der Waals surface area contributed by atoms with E-state index in [1.165, 1.54) is 0 Å². The van der Waals surface area contributed by atoms with Crippen LogP contribution in [0.5, 0.6) is 0 Å². The van der Waals surface area contributed by atoms with Crippen LogP contribution in [0.4, 0.5) is 0 Å². The van der Waals surface area contributed by atoms with Gasteiger partial charge in [-0.25, -0.2) is 21.1 Å². The zero-order chi connectivity index (χ0) is 21.8. The number of hydrogen-bond acceptors (Lipinski definition) is 5. The minimum Gasteiger partial charge on any atom is -0.428 e. The van der Waals surface area contributed by atoms with Crippen LogP contribution in [0.2, 0.25) is 0 Å². The number of rotatable bonds is 3. The van der Waals surface area contributed by atoms with Crippen molar-refractivity contribution in [2.75, 3.05) is 6.54 Å². The summed E-state index contributed by atoms with van der Waals surface area (Å²) in [7, 11) is 0. The Hall–Kier alpha value is -3.93. The molecule has 0 bridgehead atoms. The van der Waals surface area contributed by atoms with Crippen molar-refractivity contribution in [3.8, 4) is 0 Å². The minimum absolute atomic E-state index is 0.152. The lowest BCUT2D eigenvalue weighted by atomic mass is 9.99. The number of imidazole rings is 1. The first kappa shape index (κ1) is 19.1. The smallest absolute Gasteiger partial charge is 0.301 e. The molecular formula is C22H21N7O2. The number of aromatic amines is 1. The summed E-state index contributed by atoms with van der Waals surface area (Å²) in [6.07, 6.45) is 4.18. The van der Waals surface area contributed by atoms with E-state index in [1.807, 2.05) is 30.5 Å². The van der Waals surface area contributed by atoms with Crippen LogP contribution < -0.4 is 0 Å². The second kappa shape index (κ2) is 6.80. The highest BCUT2D eigenvalue weighted by Gasteiger charge is 2.40. The van der Waals surface area contributed by atoms with Crippen LogP contribution in [0.1, 0.15) is 59.1 Å². The number of fused-ring (bicyclic) bond motifs is 2. The number of hydrogen-bond donors (Lipinski definition) is 1. The lowest BCUT2D eigenvalue weighted by Gasteiger charge is -2.33. The number of H-pyrrole nitrogens is 1. The molecule has 1 aliphatic heterocycles. The predicted octanol–water partition coefficient (Wildman–Crippen LogP) is 3.30. The van der Waals surface area contributed by atoms with Crippen LogP contribution in [-0.2, 0) is 12.0 Å². The number of carbonyl (C=O) groups is 1. The van der Waals surface area contributed by atoms with E-state index in [4.69, 9.17) is 16.1 Å². The molecule has 9 nitrogen and oxygen atoms in total. The van der Waals surface area contributed by atoms with Gasteiger partial charge >= 0.3 is 5.54 Å². The largest absolute Gasteiger partial charge is 0.428 e. The molecular weight excluding hydrogens is 394 g/mol. The molecule has 1 amide bonds. The summed E-state index contributed by atoms with van der Waals surface area (Å²) >= 11 is 0. The van der Waals surface area contributed by atoms with E-state index in [2.05, 4.69) is 19.8 Å². The van der Waals surface area contributed by atoms with Gasteiger partial charge < -0.3 is 19.1 Å². The van der Waals surface area contributed by atoms with E-state index in [0.29, 0.717) is 18.7 Å². The maximum absolute atomic E-state index is 13.6. The third-order valence-electron chi connectivity index (χ3n) is 5.65. The molecule has 0 aromatic carbocycles. The zero-order valence-corrected chi connectivity index (χ0v) is 17.5. The van der Waals surface area contributed by atoms with Crippen LogP contribution in [0.15, 0.2) is 41.2 Å². The van der Waals surface area contributed by atoms with Crippen molar-refractivity contribution >= 4 is 11.4 Å². The zero-order valence-electron chi connectivity index (χ0n) is 17.5. The van der Waals surface area contributed by atoms with Crippen LogP contribution in [0, 0.1) is 13.5 Å². The normalized spacial score (nSPS) is 16.3. The average Bonchev–Trinajstić information content (AvgIpc) is 3.49. The maximum atomic E-state index is 13.6. The molecule has 1 atom stereocenters. The van der Waals surface area contributed by atoms with Gasteiger partial charge in [0.2, 0.25) is 5.76 Å². The first-order valence-electron chi connectivity index (χ1n) is 10.0. The first-order chi connectivity index (χ1) is 14.9. The van der Waals surface area contributed by atoms with E-state index in [0.717, 1.165) is 22.6 Å². The highest BCUT2D eigenvalue weighted by molar-refractivity contribution is 5.93. The molecule has 4 aromatic heterocycles. The molecule has 31 heavy (non-hydrogen) atoms. The lowest BCUT2D eigenvalue weighted by Crippen LogP contribution is -2.41. The molecule has 0 unspecified atom stereocenters. The summed E-state index contributed by atoms with van der Waals surface area (Å²) in [4.78, 5) is 31.0. The van der Waals surface area contributed by atoms with Crippen molar-refractivity contribution < 1.29 is 9.21 Å². The number of aryl methyl sites for hydroxylation is 1. The molecule has 4 aromatic rings. The topological polar surface area (TPSA) is 96.7 Å². The summed E-state index contributed by atoms with van der Waals surface area (Å²) in [6.45, 7) is 13.0. The van der Waals surface area contributed by atoms with E-state index >= 15 is 0 Å². The Morgan fingerprint density at radius 3 is 3.00 bits per heavy atom. The van der Waals surface area contributed by atoms with E-state index in [-0.39, 0.29) is 17.6 Å². The summed E-state index contributed by atoms with van der Waals surface area (Å²) in [5, 5.41) is 4.70. The Morgan fingerprint density at radius 2 is 2.23 bits per heavy atom. The fourth-order valence-electron chi connectivity index (χ4n) is 3.92. The second-order valence-corrected chi connectivity index (χ2v) is 8.16. The fourth-order valence-corrected chi connectivity index (χ4v) is 3.92. The van der Waals surface area contributed by atoms with Crippen molar-refractivity contribution in [1.82, 2.24) is 29.5 Å². The predicted molar refractivity (Wildman–Crippen MR) is 111 cm³/mol. The SMILES string of the molecule is [C-]#[N+]C(C)(C)c1nc(C)c(C(=O)N2CCc3[nH]cnc3[C@@H]2c2cc3ccccn3n2)o1. The maximum Gasteiger partial charge on any atom is 0.301 e. The number of oxazole rings is 1. The van der Waals surface area contributed by atoms with Gasteiger partial charge in [-0.3, -0.25) is 4.79 Å². The molecule has 0 aliphatic carbocycles. The summed E-state index contributed by atoms with van der Waals surface area (Å²) < 4.78 is 7.61. The Labute approximate surface area is 178 Å². The van der Waals surface area contributed by atoms with Gasteiger partial charge in [0, 0.05) is 38.7 Å². The standard InChI is InChI=1S/C22H21N7O2/c1-13-19(31-21(26-13)22(2,3)23-4)20(30)28-10-8-15-17(25-12-24-15)18(28)16-11-14-7-5-6-9-29(14)27-16/h5-7,9,11-12,18H,8,10H2,1-3H3,(H,24,25)/t18-/m0/s1. The number of carbonyl (C=O) groups excluding carboxylic acids is 1. The minimum atomic E-state index is -0.943. The lowest BCUT2D eigenvalue weighted by molar-refractivity contribution is 0.0650. The van der Waals surface area contributed by atoms with Gasteiger partial charge in [0.25, 0.3) is 11.8 Å². The van der Waals surface area contributed by atoms with Crippen LogP contribution in [0.3, 0.4) is 0 Å². The molecule has 1 aliphatic rings. The van der Waals surface area contributed by atoms with Gasteiger partial charge in [0.1, 0.15) is 6.04 Å². The van der Waals surface area contributed by atoms with Gasteiger partial charge in [0.15, 0.2) is 0 Å². The summed E-state index contributed by atoms with van der Waals surface area (Å²) in [5.41, 5.74) is 2.97. The molecule has 5 heterocycles. The molecule has 0 radical (unpaired) electrons. The van der Waals surface area contributed by atoms with Crippen molar-refractivity contribution in [3.05, 3.63) is 82.6 Å². The van der Waals surface area contributed by atoms with E-state index < -0.39 is 11.6 Å². The van der Waals surface area contributed by atoms with E-state index in [9.17, 15) is 4.79 Å². The summed E-state index contributed by atoms with van der Waals surface area (Å²) in [5.74, 6) is 0.109. The van der Waals surface area contributed by atoms with Gasteiger partial charge in [0.05, 0.1) is 28.9 Å². The molecule has 0 spiro atoms. The number of amides is 1. The fraction of sp³-hybridized carbons (Fsp3) is 0.318. The van der Waals surface area contributed by atoms with Crippen molar-refractivity contribution in [2.45, 2.75) is 38.8 Å². The average molecular weight is 415 g/mol. The number of aromatic nitrogens is 5. The molecule has 1 N–H and O–H groups in total. The van der Waals surface area contributed by atoms with Gasteiger partial charge in [-0.2, -0.15) is 5.10 Å². The third-order valence-corrected chi connectivity index (χ3v) is 5.65. The summed E-state index contributed by atoms with van der Waals surface area (Å²) in [6, 6.07) is 7.34. The number of pyridine rings is 1. The van der Waals surface area contributed by atoms with Gasteiger partial charge in [-0.15, -0.1) is 0 Å². The Balaban J connectivity index is 1.59. The van der Waals surface area contributed by atoms with Gasteiger partial charge in [-0.05, 0) is 25.1 Å². The quantitative estimate of drug-likeness (QED) is 0.518. The third kappa shape index (κ3) is 2.99. The van der Waals surface area contributed by atoms with Crippen LogP contribution >= 0.6 is 0 Å².